The van der Waals surface area contributed by atoms with E-state index in [0.717, 1.165) is 4.47 Å². The third-order valence-corrected chi connectivity index (χ3v) is 6.33. The lowest BCUT2D eigenvalue weighted by atomic mass is 10.3. The first-order chi connectivity index (χ1) is 15.7. The van der Waals surface area contributed by atoms with E-state index < -0.39 is 15.9 Å². The number of methoxy groups -OCH3 is 1. The van der Waals surface area contributed by atoms with Crippen LogP contribution in [0.3, 0.4) is 0 Å². The van der Waals surface area contributed by atoms with Gasteiger partial charge < -0.3 is 14.8 Å². The van der Waals surface area contributed by atoms with Crippen LogP contribution in [0, 0.1) is 0 Å². The van der Waals surface area contributed by atoms with Gasteiger partial charge in [0.1, 0.15) is 11.5 Å². The predicted octanol–water partition coefficient (Wildman–Crippen LogP) is 4.15. The van der Waals surface area contributed by atoms with E-state index in [9.17, 15) is 13.2 Å². The average Bonchev–Trinajstić information content (AvgIpc) is 2.79. The van der Waals surface area contributed by atoms with Gasteiger partial charge >= 0.3 is 0 Å². The van der Waals surface area contributed by atoms with Crippen molar-refractivity contribution in [1.82, 2.24) is 5.32 Å². The van der Waals surface area contributed by atoms with Crippen molar-refractivity contribution in [2.24, 2.45) is 0 Å². The highest BCUT2D eigenvalue weighted by molar-refractivity contribution is 9.10. The zero-order chi connectivity index (χ0) is 23.8. The summed E-state index contributed by atoms with van der Waals surface area (Å²) in [4.78, 5) is 12.1. The number of sulfonamides is 1. The van der Waals surface area contributed by atoms with E-state index in [2.05, 4.69) is 31.3 Å². The third kappa shape index (κ3) is 7.45. The van der Waals surface area contributed by atoms with Gasteiger partial charge in [-0.25, -0.2) is 8.42 Å². The number of ether oxygens (including phenoxy) is 2. The molecular weight excluding hydrogens is 530 g/mol. The minimum absolute atomic E-state index is 0.0615. The van der Waals surface area contributed by atoms with Crippen molar-refractivity contribution in [3.63, 3.8) is 0 Å². The van der Waals surface area contributed by atoms with Crippen LogP contribution in [-0.4, -0.2) is 33.2 Å². The van der Waals surface area contributed by atoms with E-state index in [-0.39, 0.29) is 16.6 Å². The molecule has 3 aromatic rings. The number of hydrogen-bond donors (Lipinski definition) is 3. The molecule has 8 nitrogen and oxygen atoms in total. The highest BCUT2D eigenvalue weighted by Crippen LogP contribution is 2.20. The van der Waals surface area contributed by atoms with Crippen LogP contribution in [0.1, 0.15) is 0 Å². The van der Waals surface area contributed by atoms with Crippen LogP contribution >= 0.6 is 28.1 Å². The number of nitrogens with one attached hydrogen (secondary N) is 3. The lowest BCUT2D eigenvalue weighted by molar-refractivity contribution is -0.121. The van der Waals surface area contributed by atoms with E-state index in [0.29, 0.717) is 22.9 Å². The van der Waals surface area contributed by atoms with Crippen molar-refractivity contribution >= 4 is 60.6 Å². The molecule has 0 atom stereocenters. The summed E-state index contributed by atoms with van der Waals surface area (Å²) < 4.78 is 39.0. The molecule has 0 bridgehead atoms. The molecule has 172 valence electrons. The number of carbonyl (C=O) groups excluding carboxylic acids is 1. The quantitative estimate of drug-likeness (QED) is 0.362. The fourth-order valence-corrected chi connectivity index (χ4v) is 4.15. The first kappa shape index (κ1) is 24.5. The monoisotopic (exact) mass is 549 g/mol. The van der Waals surface area contributed by atoms with Crippen molar-refractivity contribution in [1.29, 1.82) is 0 Å². The van der Waals surface area contributed by atoms with Gasteiger partial charge in [-0.1, -0.05) is 15.9 Å². The largest absolute Gasteiger partial charge is 0.497 e. The molecule has 0 heterocycles. The molecule has 1 amide bonds. The molecule has 0 aliphatic rings. The Hall–Kier alpha value is -3.15. The Labute approximate surface area is 205 Å². The van der Waals surface area contributed by atoms with E-state index in [1.165, 1.54) is 19.2 Å². The van der Waals surface area contributed by atoms with E-state index in [1.807, 2.05) is 0 Å². The van der Waals surface area contributed by atoms with Crippen LogP contribution < -0.4 is 24.8 Å². The highest BCUT2D eigenvalue weighted by atomic mass is 79.9. The van der Waals surface area contributed by atoms with Gasteiger partial charge in [0.25, 0.3) is 15.9 Å². The van der Waals surface area contributed by atoms with Gasteiger partial charge in [-0.15, -0.1) is 0 Å². The van der Waals surface area contributed by atoms with Gasteiger partial charge in [0, 0.05) is 15.8 Å². The molecule has 0 unspecified atom stereocenters. The Balaban J connectivity index is 1.51. The second-order valence-electron chi connectivity index (χ2n) is 6.60. The van der Waals surface area contributed by atoms with Crippen LogP contribution in [0.2, 0.25) is 0 Å². The number of amides is 1. The SMILES string of the molecule is COc1ccc(NS(=O)(=O)c2ccc(NC(=S)NC(=O)COc3ccc(Br)cc3)cc2)cc1. The maximum atomic E-state index is 12.6. The predicted molar refractivity (Wildman–Crippen MR) is 134 cm³/mol. The minimum Gasteiger partial charge on any atom is -0.497 e. The van der Waals surface area contributed by atoms with Crippen LogP contribution in [-0.2, 0) is 14.8 Å². The summed E-state index contributed by atoms with van der Waals surface area (Å²) in [6, 6.07) is 19.5. The zero-order valence-corrected chi connectivity index (χ0v) is 20.6. The summed E-state index contributed by atoms with van der Waals surface area (Å²) in [7, 11) is -2.24. The molecule has 0 aromatic heterocycles. The summed E-state index contributed by atoms with van der Waals surface area (Å²) in [6.07, 6.45) is 0. The van der Waals surface area contributed by atoms with Gasteiger partial charge in [-0.2, -0.15) is 0 Å². The number of benzene rings is 3. The fraction of sp³-hybridized carbons (Fsp3) is 0.0909. The first-order valence-electron chi connectivity index (χ1n) is 9.51. The molecule has 0 saturated heterocycles. The van der Waals surface area contributed by atoms with Gasteiger partial charge in [0.05, 0.1) is 12.0 Å². The molecular formula is C22H20BrN3O5S2. The van der Waals surface area contributed by atoms with Crippen molar-refractivity contribution in [2.45, 2.75) is 4.90 Å². The van der Waals surface area contributed by atoms with Crippen molar-refractivity contribution < 1.29 is 22.7 Å². The molecule has 33 heavy (non-hydrogen) atoms. The number of carbonyl (C=O) groups is 1. The fourth-order valence-electron chi connectivity index (χ4n) is 2.60. The number of hydrogen-bond acceptors (Lipinski definition) is 6. The Morgan fingerprint density at radius 2 is 1.48 bits per heavy atom. The highest BCUT2D eigenvalue weighted by Gasteiger charge is 2.14. The molecule has 3 rings (SSSR count). The van der Waals surface area contributed by atoms with Gasteiger partial charge in [0.2, 0.25) is 0 Å². The lowest BCUT2D eigenvalue weighted by Crippen LogP contribution is -2.37. The summed E-state index contributed by atoms with van der Waals surface area (Å²) in [5.41, 5.74) is 0.921. The van der Waals surface area contributed by atoms with Crippen LogP contribution in [0.4, 0.5) is 11.4 Å². The van der Waals surface area contributed by atoms with Crippen LogP contribution in [0.15, 0.2) is 82.2 Å². The summed E-state index contributed by atoms with van der Waals surface area (Å²) in [5.74, 6) is 0.738. The molecule has 11 heteroatoms. The normalized spacial score (nSPS) is 10.7. The molecule has 0 spiro atoms. The van der Waals surface area contributed by atoms with Crippen molar-refractivity contribution in [3.8, 4) is 11.5 Å². The minimum atomic E-state index is -3.77. The zero-order valence-electron chi connectivity index (χ0n) is 17.4. The van der Waals surface area contributed by atoms with Crippen LogP contribution in [0.5, 0.6) is 11.5 Å². The molecule has 0 radical (unpaired) electrons. The number of rotatable bonds is 8. The Morgan fingerprint density at radius 3 is 2.09 bits per heavy atom. The number of thiocarbonyl (C=S) groups is 1. The Morgan fingerprint density at radius 1 is 0.909 bits per heavy atom. The van der Waals surface area contributed by atoms with Crippen LogP contribution in [0.25, 0.3) is 0 Å². The maximum Gasteiger partial charge on any atom is 0.264 e. The number of halogens is 1. The van der Waals surface area contributed by atoms with Gasteiger partial charge in [-0.05, 0) is 85.0 Å². The van der Waals surface area contributed by atoms with Crippen molar-refractivity contribution in [3.05, 3.63) is 77.3 Å². The topological polar surface area (TPSA) is 106 Å². The Bertz CT molecular complexity index is 1220. The maximum absolute atomic E-state index is 12.6. The summed E-state index contributed by atoms with van der Waals surface area (Å²) >= 11 is 8.45. The summed E-state index contributed by atoms with van der Waals surface area (Å²) in [6.45, 7) is -0.211. The smallest absolute Gasteiger partial charge is 0.264 e. The molecule has 0 fully saturated rings. The van der Waals surface area contributed by atoms with E-state index in [4.69, 9.17) is 21.7 Å². The summed E-state index contributed by atoms with van der Waals surface area (Å²) in [5, 5.41) is 5.39. The lowest BCUT2D eigenvalue weighted by Gasteiger charge is -2.12. The third-order valence-electron chi connectivity index (χ3n) is 4.20. The molecule has 3 aromatic carbocycles. The van der Waals surface area contributed by atoms with Crippen molar-refractivity contribution in [2.75, 3.05) is 23.8 Å². The van der Waals surface area contributed by atoms with Gasteiger partial charge in [0.15, 0.2) is 11.7 Å². The standard InChI is InChI=1S/C22H20BrN3O5S2/c1-30-18-10-4-17(5-11-18)26-33(28,29)20-12-6-16(7-13-20)24-22(32)25-21(27)14-31-19-8-2-15(23)3-9-19/h2-13,26H,14H2,1H3,(H2,24,25,27,32). The average molecular weight is 550 g/mol. The molecule has 3 N–H and O–H groups in total. The first-order valence-corrected chi connectivity index (χ1v) is 12.2. The molecule has 0 aliphatic heterocycles. The van der Waals surface area contributed by atoms with Gasteiger partial charge in [-0.3, -0.25) is 14.8 Å². The number of anilines is 2. The molecule has 0 aliphatic carbocycles. The van der Waals surface area contributed by atoms with E-state index in [1.54, 1.807) is 60.7 Å². The second kappa shape index (κ2) is 11.1. The molecule has 0 saturated carbocycles. The van der Waals surface area contributed by atoms with E-state index >= 15 is 0 Å². The second-order valence-corrected chi connectivity index (χ2v) is 9.61. The Kier molecular flexibility index (Phi) is 8.26.